The zero-order chi connectivity index (χ0) is 15.9. The molecule has 2 N–H and O–H groups in total. The fourth-order valence-electron chi connectivity index (χ4n) is 2.96. The van der Waals surface area contributed by atoms with Gasteiger partial charge in [-0.25, -0.2) is 0 Å². The second kappa shape index (κ2) is 7.94. The summed E-state index contributed by atoms with van der Waals surface area (Å²) in [6.45, 7) is 0.223. The Kier molecular flexibility index (Phi) is 5.95. The molecule has 2 amide bonds. The largest absolute Gasteiger partial charge is 0.339 e. The Balaban J connectivity index is 2.13. The quantitative estimate of drug-likeness (QED) is 0.877. The van der Waals surface area contributed by atoms with E-state index in [1.54, 1.807) is 19.2 Å². The molecule has 1 aliphatic carbocycles. The number of rotatable bonds is 5. The highest BCUT2D eigenvalue weighted by atomic mass is 16.2. The van der Waals surface area contributed by atoms with E-state index in [1.165, 1.54) is 19.3 Å². The molecule has 5 nitrogen and oxygen atoms in total. The van der Waals surface area contributed by atoms with Gasteiger partial charge in [0.1, 0.15) is 0 Å². The monoisotopic (exact) mass is 303 g/mol. The molecule has 0 heterocycles. The van der Waals surface area contributed by atoms with Gasteiger partial charge in [-0.05, 0) is 32.0 Å². The van der Waals surface area contributed by atoms with Crippen LogP contribution in [0.1, 0.15) is 42.5 Å². The summed E-state index contributed by atoms with van der Waals surface area (Å²) in [6, 6.07) is 7.51. The lowest BCUT2D eigenvalue weighted by atomic mass is 9.94. The Bertz CT molecular complexity index is 524. The number of anilines is 1. The van der Waals surface area contributed by atoms with E-state index in [1.807, 2.05) is 24.1 Å². The first-order valence-corrected chi connectivity index (χ1v) is 7.94. The molecule has 1 fully saturated rings. The molecule has 0 aliphatic heterocycles. The molecule has 0 unspecified atom stereocenters. The molecule has 1 saturated carbocycles. The Labute approximate surface area is 132 Å². The summed E-state index contributed by atoms with van der Waals surface area (Å²) in [7, 11) is 3.58. The van der Waals surface area contributed by atoms with E-state index in [9.17, 15) is 9.59 Å². The number of nitrogens with zero attached hydrogens (tertiary/aromatic N) is 1. The van der Waals surface area contributed by atoms with Crippen molar-refractivity contribution in [3.63, 3.8) is 0 Å². The molecule has 1 aromatic rings. The summed E-state index contributed by atoms with van der Waals surface area (Å²) < 4.78 is 0. The minimum atomic E-state index is -0.150. The van der Waals surface area contributed by atoms with Crippen LogP contribution >= 0.6 is 0 Å². The summed E-state index contributed by atoms with van der Waals surface area (Å²) in [5.41, 5.74) is 1.13. The average Bonchev–Trinajstić information content (AvgIpc) is 2.55. The first-order chi connectivity index (χ1) is 10.6. The van der Waals surface area contributed by atoms with Gasteiger partial charge in [0.15, 0.2) is 0 Å². The summed E-state index contributed by atoms with van der Waals surface area (Å²) >= 11 is 0. The van der Waals surface area contributed by atoms with Crippen LogP contribution in [0.2, 0.25) is 0 Å². The van der Waals surface area contributed by atoms with Crippen molar-refractivity contribution in [3.8, 4) is 0 Å². The van der Waals surface area contributed by atoms with E-state index in [0.29, 0.717) is 17.3 Å². The lowest BCUT2D eigenvalue weighted by molar-refractivity contribution is -0.115. The van der Waals surface area contributed by atoms with E-state index in [0.717, 1.165) is 12.8 Å². The van der Waals surface area contributed by atoms with E-state index < -0.39 is 0 Å². The van der Waals surface area contributed by atoms with Gasteiger partial charge in [-0.1, -0.05) is 31.4 Å². The summed E-state index contributed by atoms with van der Waals surface area (Å²) in [4.78, 5) is 26.4. The molecule has 0 spiro atoms. The molecule has 0 saturated heterocycles. The normalized spacial score (nSPS) is 15.4. The zero-order valence-corrected chi connectivity index (χ0v) is 13.4. The lowest BCUT2D eigenvalue weighted by Crippen LogP contribution is -2.38. The third-order valence-corrected chi connectivity index (χ3v) is 4.21. The number of nitrogens with one attached hydrogen (secondary N) is 2. The van der Waals surface area contributed by atoms with Crippen molar-refractivity contribution in [2.75, 3.05) is 26.0 Å². The smallest absolute Gasteiger partial charge is 0.255 e. The van der Waals surface area contributed by atoms with Crippen LogP contribution in [0.15, 0.2) is 24.3 Å². The summed E-state index contributed by atoms with van der Waals surface area (Å²) in [6.07, 6.45) is 5.76. The van der Waals surface area contributed by atoms with Gasteiger partial charge in [0.05, 0.1) is 17.8 Å². The molecule has 1 aliphatic rings. The van der Waals surface area contributed by atoms with Crippen LogP contribution in [-0.2, 0) is 4.79 Å². The third-order valence-electron chi connectivity index (χ3n) is 4.21. The molecule has 0 aromatic heterocycles. The minimum Gasteiger partial charge on any atom is -0.339 e. The Morgan fingerprint density at radius 1 is 1.18 bits per heavy atom. The molecular weight excluding hydrogens is 278 g/mol. The SMILES string of the molecule is CNCC(=O)Nc1ccccc1C(=O)N(C)C1CCCCC1. The van der Waals surface area contributed by atoms with Crippen molar-refractivity contribution in [2.24, 2.45) is 0 Å². The molecular formula is C17H25N3O2. The topological polar surface area (TPSA) is 61.4 Å². The van der Waals surface area contributed by atoms with Crippen molar-refractivity contribution in [2.45, 2.75) is 38.1 Å². The maximum atomic E-state index is 12.8. The maximum absolute atomic E-state index is 12.8. The highest BCUT2D eigenvalue weighted by Crippen LogP contribution is 2.24. The first-order valence-electron chi connectivity index (χ1n) is 7.94. The van der Waals surface area contributed by atoms with Gasteiger partial charge in [0, 0.05) is 13.1 Å². The van der Waals surface area contributed by atoms with E-state index in [-0.39, 0.29) is 18.4 Å². The van der Waals surface area contributed by atoms with Crippen LogP contribution in [0.4, 0.5) is 5.69 Å². The minimum absolute atomic E-state index is 0.0211. The van der Waals surface area contributed by atoms with Gasteiger partial charge >= 0.3 is 0 Å². The van der Waals surface area contributed by atoms with Crippen LogP contribution in [0.25, 0.3) is 0 Å². The van der Waals surface area contributed by atoms with Crippen LogP contribution < -0.4 is 10.6 Å². The van der Waals surface area contributed by atoms with Crippen molar-refractivity contribution in [3.05, 3.63) is 29.8 Å². The van der Waals surface area contributed by atoms with E-state index in [4.69, 9.17) is 0 Å². The van der Waals surface area contributed by atoms with Crippen molar-refractivity contribution in [1.82, 2.24) is 10.2 Å². The molecule has 0 bridgehead atoms. The van der Waals surface area contributed by atoms with Crippen LogP contribution in [0.3, 0.4) is 0 Å². The Morgan fingerprint density at radius 3 is 2.55 bits per heavy atom. The number of carbonyl (C=O) groups excluding carboxylic acids is 2. The predicted molar refractivity (Wildman–Crippen MR) is 88.0 cm³/mol. The fraction of sp³-hybridized carbons (Fsp3) is 0.529. The van der Waals surface area contributed by atoms with Crippen LogP contribution in [0.5, 0.6) is 0 Å². The summed E-state index contributed by atoms with van der Waals surface area (Å²) in [5, 5.41) is 5.60. The second-order valence-corrected chi connectivity index (χ2v) is 5.83. The number of para-hydroxylation sites is 1. The number of hydrogen-bond acceptors (Lipinski definition) is 3. The van der Waals surface area contributed by atoms with Gasteiger partial charge < -0.3 is 15.5 Å². The second-order valence-electron chi connectivity index (χ2n) is 5.83. The van der Waals surface area contributed by atoms with Gasteiger partial charge in [0.2, 0.25) is 5.91 Å². The molecule has 0 radical (unpaired) electrons. The van der Waals surface area contributed by atoms with Gasteiger partial charge in [0.25, 0.3) is 5.91 Å². The third kappa shape index (κ3) is 4.07. The molecule has 1 aromatic carbocycles. The number of benzene rings is 1. The number of amides is 2. The van der Waals surface area contributed by atoms with E-state index in [2.05, 4.69) is 10.6 Å². The Morgan fingerprint density at radius 2 is 1.86 bits per heavy atom. The highest BCUT2D eigenvalue weighted by Gasteiger charge is 2.24. The van der Waals surface area contributed by atoms with E-state index >= 15 is 0 Å². The van der Waals surface area contributed by atoms with Crippen molar-refractivity contribution >= 4 is 17.5 Å². The van der Waals surface area contributed by atoms with Gasteiger partial charge in [-0.3, -0.25) is 9.59 Å². The van der Waals surface area contributed by atoms with Gasteiger partial charge in [-0.15, -0.1) is 0 Å². The lowest BCUT2D eigenvalue weighted by Gasteiger charge is -2.31. The molecule has 22 heavy (non-hydrogen) atoms. The number of carbonyl (C=O) groups is 2. The Hall–Kier alpha value is -1.88. The molecule has 5 heteroatoms. The van der Waals surface area contributed by atoms with Crippen molar-refractivity contribution < 1.29 is 9.59 Å². The molecule has 2 rings (SSSR count). The van der Waals surface area contributed by atoms with Crippen molar-refractivity contribution in [1.29, 1.82) is 0 Å². The molecule has 0 atom stereocenters. The van der Waals surface area contributed by atoms with Crippen LogP contribution in [-0.4, -0.2) is 43.4 Å². The first kappa shape index (κ1) is 16.5. The van der Waals surface area contributed by atoms with Crippen LogP contribution in [0, 0.1) is 0 Å². The summed E-state index contributed by atoms with van der Waals surface area (Å²) in [5.74, 6) is -0.171. The fourth-order valence-corrected chi connectivity index (χ4v) is 2.96. The predicted octanol–water partition coefficient (Wildman–Crippen LogP) is 2.25. The zero-order valence-electron chi connectivity index (χ0n) is 13.4. The standard InChI is InChI=1S/C17H25N3O2/c1-18-12-16(21)19-15-11-7-6-10-14(15)17(22)20(2)13-8-4-3-5-9-13/h6-7,10-11,13,18H,3-5,8-9,12H2,1-2H3,(H,19,21). The number of hydrogen-bond donors (Lipinski definition) is 2. The average molecular weight is 303 g/mol. The maximum Gasteiger partial charge on any atom is 0.255 e. The number of likely N-dealkylation sites (N-methyl/N-ethyl adjacent to an activating group) is 1. The highest BCUT2D eigenvalue weighted by molar-refractivity contribution is 6.04. The molecule has 120 valence electrons. The van der Waals surface area contributed by atoms with Gasteiger partial charge in [-0.2, -0.15) is 0 Å².